The molecule has 5 heteroatoms. The monoisotopic (exact) mass is 293 g/mol. The van der Waals surface area contributed by atoms with Gasteiger partial charge < -0.3 is 19.9 Å². The van der Waals surface area contributed by atoms with E-state index in [9.17, 15) is 4.79 Å². The zero-order valence-electron chi connectivity index (χ0n) is 12.6. The Kier molecular flexibility index (Phi) is 5.44. The van der Waals surface area contributed by atoms with Gasteiger partial charge in [-0.2, -0.15) is 0 Å². The lowest BCUT2D eigenvalue weighted by Crippen LogP contribution is -2.36. The van der Waals surface area contributed by atoms with E-state index >= 15 is 0 Å². The van der Waals surface area contributed by atoms with Crippen molar-refractivity contribution in [2.24, 2.45) is 5.92 Å². The third kappa shape index (κ3) is 4.11. The summed E-state index contributed by atoms with van der Waals surface area (Å²) in [5, 5.41) is 12.6. The first-order chi connectivity index (χ1) is 10.1. The molecule has 0 heterocycles. The molecule has 0 aromatic heterocycles. The molecule has 0 amide bonds. The highest BCUT2D eigenvalue weighted by molar-refractivity contribution is 5.70. The number of aliphatic carboxylic acids is 1. The molecular formula is C16H23NO4. The van der Waals surface area contributed by atoms with Gasteiger partial charge >= 0.3 is 5.97 Å². The first-order valence-electron chi connectivity index (χ1n) is 7.31. The van der Waals surface area contributed by atoms with Gasteiger partial charge in [-0.15, -0.1) is 0 Å². The Labute approximate surface area is 125 Å². The summed E-state index contributed by atoms with van der Waals surface area (Å²) in [6, 6.07) is 5.99. The fourth-order valence-electron chi connectivity index (χ4n) is 2.85. The first-order valence-corrected chi connectivity index (χ1v) is 7.31. The van der Waals surface area contributed by atoms with Crippen molar-refractivity contribution in [1.82, 2.24) is 5.32 Å². The Morgan fingerprint density at radius 2 is 2.14 bits per heavy atom. The normalized spacial score (nSPS) is 21.8. The van der Waals surface area contributed by atoms with Crippen molar-refractivity contribution in [3.05, 3.63) is 23.8 Å². The van der Waals surface area contributed by atoms with Crippen LogP contribution in [0.2, 0.25) is 0 Å². The van der Waals surface area contributed by atoms with E-state index in [4.69, 9.17) is 14.6 Å². The summed E-state index contributed by atoms with van der Waals surface area (Å²) in [5.41, 5.74) is 1.05. The summed E-state index contributed by atoms with van der Waals surface area (Å²) in [7, 11) is 3.26. The lowest BCUT2D eigenvalue weighted by atomic mass is 9.86. The van der Waals surface area contributed by atoms with Crippen LogP contribution in [0, 0.1) is 5.92 Å². The molecule has 2 atom stereocenters. The molecule has 1 aromatic rings. The maximum atomic E-state index is 11.1. The van der Waals surface area contributed by atoms with E-state index < -0.39 is 5.97 Å². The van der Waals surface area contributed by atoms with Crippen LogP contribution < -0.4 is 14.8 Å². The minimum atomic E-state index is -0.677. The predicted octanol–water partition coefficient (Wildman–Crippen LogP) is 2.44. The Morgan fingerprint density at radius 1 is 1.33 bits per heavy atom. The van der Waals surface area contributed by atoms with Gasteiger partial charge in [0.1, 0.15) is 11.5 Å². The topological polar surface area (TPSA) is 67.8 Å². The molecule has 1 aliphatic carbocycles. The van der Waals surface area contributed by atoms with Crippen molar-refractivity contribution in [2.75, 3.05) is 14.2 Å². The van der Waals surface area contributed by atoms with Gasteiger partial charge in [-0.3, -0.25) is 4.79 Å². The fourth-order valence-corrected chi connectivity index (χ4v) is 2.85. The highest BCUT2D eigenvalue weighted by Gasteiger charge is 2.26. The van der Waals surface area contributed by atoms with E-state index in [1.807, 2.05) is 18.2 Å². The molecule has 0 bridgehead atoms. The molecule has 2 unspecified atom stereocenters. The lowest BCUT2D eigenvalue weighted by molar-refractivity contribution is -0.143. The van der Waals surface area contributed by atoms with Gasteiger partial charge in [0.2, 0.25) is 0 Å². The van der Waals surface area contributed by atoms with Crippen LogP contribution in [0.25, 0.3) is 0 Å². The van der Waals surface area contributed by atoms with E-state index in [0.717, 1.165) is 36.3 Å². The van der Waals surface area contributed by atoms with E-state index in [0.29, 0.717) is 13.0 Å². The van der Waals surface area contributed by atoms with E-state index in [1.54, 1.807) is 14.2 Å². The molecule has 21 heavy (non-hydrogen) atoms. The number of carboxylic acids is 1. The van der Waals surface area contributed by atoms with Crippen molar-refractivity contribution in [1.29, 1.82) is 0 Å². The Morgan fingerprint density at radius 3 is 2.81 bits per heavy atom. The number of carbonyl (C=O) groups is 1. The van der Waals surface area contributed by atoms with E-state index in [-0.39, 0.29) is 12.0 Å². The van der Waals surface area contributed by atoms with Crippen LogP contribution in [0.4, 0.5) is 0 Å². The zero-order valence-corrected chi connectivity index (χ0v) is 12.6. The second-order valence-electron chi connectivity index (χ2n) is 5.46. The number of carboxylic acid groups (broad SMARTS) is 1. The molecule has 2 rings (SSSR count). The summed E-state index contributed by atoms with van der Waals surface area (Å²) in [5.74, 6) is 0.657. The van der Waals surface area contributed by atoms with Gasteiger partial charge in [-0.25, -0.2) is 0 Å². The maximum Gasteiger partial charge on any atom is 0.306 e. The van der Waals surface area contributed by atoms with Crippen LogP contribution in [0.1, 0.15) is 31.2 Å². The molecule has 5 nitrogen and oxygen atoms in total. The van der Waals surface area contributed by atoms with E-state index in [1.165, 1.54) is 0 Å². The average molecular weight is 293 g/mol. The maximum absolute atomic E-state index is 11.1. The van der Waals surface area contributed by atoms with Crippen LogP contribution in [-0.4, -0.2) is 31.3 Å². The van der Waals surface area contributed by atoms with Gasteiger partial charge in [-0.1, -0.05) is 12.5 Å². The first kappa shape index (κ1) is 15.6. The number of nitrogens with one attached hydrogen (secondary N) is 1. The van der Waals surface area contributed by atoms with Gasteiger partial charge in [-0.05, 0) is 25.3 Å². The van der Waals surface area contributed by atoms with Crippen LogP contribution in [0.5, 0.6) is 11.5 Å². The summed E-state index contributed by atoms with van der Waals surface area (Å²) in [4.78, 5) is 11.1. The molecule has 0 radical (unpaired) electrons. The lowest BCUT2D eigenvalue weighted by Gasteiger charge is -2.27. The molecule has 2 N–H and O–H groups in total. The van der Waals surface area contributed by atoms with Gasteiger partial charge in [0, 0.05) is 24.2 Å². The Bertz CT molecular complexity index is 489. The quantitative estimate of drug-likeness (QED) is 0.843. The second kappa shape index (κ2) is 7.31. The largest absolute Gasteiger partial charge is 0.497 e. The molecule has 1 fully saturated rings. The van der Waals surface area contributed by atoms with Gasteiger partial charge in [0.05, 0.1) is 20.1 Å². The summed E-state index contributed by atoms with van der Waals surface area (Å²) in [6.07, 6.45) is 3.49. The number of hydrogen-bond donors (Lipinski definition) is 2. The van der Waals surface area contributed by atoms with E-state index in [2.05, 4.69) is 5.32 Å². The van der Waals surface area contributed by atoms with Crippen LogP contribution >= 0.6 is 0 Å². The third-order valence-electron chi connectivity index (χ3n) is 4.10. The number of benzene rings is 1. The standard InChI is InChI=1S/C16H23NO4/c1-20-14-7-6-12(15(9-14)21-2)10-17-13-5-3-4-11(8-13)16(18)19/h6-7,9,11,13,17H,3-5,8,10H2,1-2H3,(H,18,19). The van der Waals surface area contributed by atoms with Crippen molar-refractivity contribution < 1.29 is 19.4 Å². The summed E-state index contributed by atoms with van der Waals surface area (Å²) >= 11 is 0. The molecule has 116 valence electrons. The number of methoxy groups -OCH3 is 2. The Balaban J connectivity index is 1.94. The molecule has 1 aliphatic rings. The summed E-state index contributed by atoms with van der Waals surface area (Å²) in [6.45, 7) is 0.671. The highest BCUT2D eigenvalue weighted by atomic mass is 16.5. The third-order valence-corrected chi connectivity index (χ3v) is 4.10. The van der Waals surface area contributed by atoms with Gasteiger partial charge in [0.15, 0.2) is 0 Å². The SMILES string of the molecule is COc1ccc(CNC2CCCC(C(=O)O)C2)c(OC)c1. The molecule has 0 aliphatic heterocycles. The minimum Gasteiger partial charge on any atom is -0.497 e. The van der Waals surface area contributed by atoms with Crippen LogP contribution in [0.3, 0.4) is 0 Å². The summed E-state index contributed by atoms with van der Waals surface area (Å²) < 4.78 is 10.6. The predicted molar refractivity (Wildman–Crippen MR) is 79.8 cm³/mol. The van der Waals surface area contributed by atoms with Crippen molar-refractivity contribution in [3.8, 4) is 11.5 Å². The average Bonchev–Trinajstić information content (AvgIpc) is 2.53. The fraction of sp³-hybridized carbons (Fsp3) is 0.562. The van der Waals surface area contributed by atoms with Crippen LogP contribution in [0.15, 0.2) is 18.2 Å². The second-order valence-corrected chi connectivity index (χ2v) is 5.46. The van der Waals surface area contributed by atoms with Gasteiger partial charge in [0.25, 0.3) is 0 Å². The molecule has 1 saturated carbocycles. The Hall–Kier alpha value is -1.75. The van der Waals surface area contributed by atoms with Crippen molar-refractivity contribution in [2.45, 2.75) is 38.3 Å². The molecule has 0 saturated heterocycles. The molecular weight excluding hydrogens is 270 g/mol. The zero-order chi connectivity index (χ0) is 15.2. The molecule has 1 aromatic carbocycles. The minimum absolute atomic E-state index is 0.214. The number of hydrogen-bond acceptors (Lipinski definition) is 4. The number of rotatable bonds is 6. The van der Waals surface area contributed by atoms with Crippen molar-refractivity contribution in [3.63, 3.8) is 0 Å². The number of ether oxygens (including phenoxy) is 2. The highest BCUT2D eigenvalue weighted by Crippen LogP contribution is 2.27. The smallest absolute Gasteiger partial charge is 0.306 e. The molecule has 0 spiro atoms. The van der Waals surface area contributed by atoms with Crippen LogP contribution in [-0.2, 0) is 11.3 Å². The van der Waals surface area contributed by atoms with Crippen molar-refractivity contribution >= 4 is 5.97 Å².